The van der Waals surface area contributed by atoms with Crippen molar-refractivity contribution >= 4 is 35.2 Å². The van der Waals surface area contributed by atoms with Crippen LogP contribution in [-0.4, -0.2) is 35.1 Å². The highest BCUT2D eigenvalue weighted by Gasteiger charge is 2.25. The molecule has 0 aromatic heterocycles. The average Bonchev–Trinajstić information content (AvgIpc) is 2.67. The Morgan fingerprint density at radius 2 is 1.89 bits per heavy atom. The summed E-state index contributed by atoms with van der Waals surface area (Å²) in [6.07, 6.45) is 0. The lowest BCUT2D eigenvalue weighted by molar-refractivity contribution is -0.138. The average molecular weight is 423 g/mol. The molecule has 0 radical (unpaired) electrons. The van der Waals surface area contributed by atoms with E-state index >= 15 is 0 Å². The Labute approximate surface area is 174 Å². The zero-order chi connectivity index (χ0) is 20.5. The highest BCUT2D eigenvalue weighted by atomic mass is 35.5. The SMILES string of the molecule is CCNC(=O)[C@H](C)N(Cc1cccc(Cl)c1)C(=O)CSCc1ccc(F)cc1. The second-order valence-corrected chi connectivity index (χ2v) is 7.76. The zero-order valence-corrected chi connectivity index (χ0v) is 17.5. The van der Waals surface area contributed by atoms with Gasteiger partial charge in [0.15, 0.2) is 0 Å². The molecular formula is C21H24ClFN2O2S. The molecule has 0 aliphatic rings. The van der Waals surface area contributed by atoms with Crippen molar-refractivity contribution in [1.29, 1.82) is 0 Å². The summed E-state index contributed by atoms with van der Waals surface area (Å²) in [6, 6.07) is 12.9. The third kappa shape index (κ3) is 6.84. The Morgan fingerprint density at radius 3 is 2.54 bits per heavy atom. The van der Waals surface area contributed by atoms with Crippen LogP contribution in [-0.2, 0) is 21.9 Å². The lowest BCUT2D eigenvalue weighted by Gasteiger charge is -2.28. The Kier molecular flexibility index (Phi) is 8.80. The smallest absolute Gasteiger partial charge is 0.242 e. The molecule has 1 atom stereocenters. The Balaban J connectivity index is 2.04. The largest absolute Gasteiger partial charge is 0.355 e. The molecule has 7 heteroatoms. The van der Waals surface area contributed by atoms with E-state index < -0.39 is 6.04 Å². The van der Waals surface area contributed by atoms with Gasteiger partial charge in [0.2, 0.25) is 11.8 Å². The highest BCUT2D eigenvalue weighted by molar-refractivity contribution is 7.99. The minimum atomic E-state index is -0.599. The molecule has 150 valence electrons. The van der Waals surface area contributed by atoms with Crippen molar-refractivity contribution in [3.63, 3.8) is 0 Å². The number of hydrogen-bond donors (Lipinski definition) is 1. The van der Waals surface area contributed by atoms with Gasteiger partial charge < -0.3 is 10.2 Å². The molecule has 4 nitrogen and oxygen atoms in total. The number of amides is 2. The molecule has 0 aliphatic carbocycles. The van der Waals surface area contributed by atoms with Crippen LogP contribution in [0.25, 0.3) is 0 Å². The summed E-state index contributed by atoms with van der Waals surface area (Å²) in [5, 5.41) is 3.35. The summed E-state index contributed by atoms with van der Waals surface area (Å²) in [5.74, 6) is 0.203. The summed E-state index contributed by atoms with van der Waals surface area (Å²) in [6.45, 7) is 4.36. The van der Waals surface area contributed by atoms with Gasteiger partial charge in [-0.3, -0.25) is 9.59 Å². The minimum absolute atomic E-state index is 0.133. The van der Waals surface area contributed by atoms with E-state index in [4.69, 9.17) is 11.6 Å². The number of nitrogens with one attached hydrogen (secondary N) is 1. The molecule has 0 bridgehead atoms. The van der Waals surface area contributed by atoms with Crippen LogP contribution in [0.5, 0.6) is 0 Å². The van der Waals surface area contributed by atoms with Crippen molar-refractivity contribution in [2.45, 2.75) is 32.2 Å². The quantitative estimate of drug-likeness (QED) is 0.656. The van der Waals surface area contributed by atoms with Crippen molar-refractivity contribution in [2.75, 3.05) is 12.3 Å². The standard InChI is InChI=1S/C21H24ClFN2O2S/c1-3-24-21(27)15(2)25(12-17-5-4-6-18(22)11-17)20(26)14-28-13-16-7-9-19(23)10-8-16/h4-11,15H,3,12-14H2,1-2H3,(H,24,27)/t15-/m0/s1. The maximum atomic E-state index is 13.0. The first-order valence-corrected chi connectivity index (χ1v) is 10.6. The van der Waals surface area contributed by atoms with Gasteiger partial charge in [-0.05, 0) is 49.2 Å². The van der Waals surface area contributed by atoms with E-state index in [9.17, 15) is 14.0 Å². The Bertz CT molecular complexity index is 801. The van der Waals surface area contributed by atoms with E-state index in [0.29, 0.717) is 23.9 Å². The number of carbonyl (C=O) groups excluding carboxylic acids is 2. The van der Waals surface area contributed by atoms with Crippen molar-refractivity contribution in [3.8, 4) is 0 Å². The first-order valence-electron chi connectivity index (χ1n) is 9.04. The van der Waals surface area contributed by atoms with Crippen LogP contribution in [0.4, 0.5) is 4.39 Å². The van der Waals surface area contributed by atoms with Gasteiger partial charge in [-0.25, -0.2) is 4.39 Å². The van der Waals surface area contributed by atoms with E-state index in [-0.39, 0.29) is 23.4 Å². The molecule has 0 spiro atoms. The zero-order valence-electron chi connectivity index (χ0n) is 16.0. The Morgan fingerprint density at radius 1 is 1.18 bits per heavy atom. The number of rotatable bonds is 9. The number of likely N-dealkylation sites (N-methyl/N-ethyl adjacent to an activating group) is 1. The normalized spacial score (nSPS) is 11.7. The van der Waals surface area contributed by atoms with Crippen molar-refractivity contribution in [3.05, 3.63) is 70.5 Å². The molecule has 0 unspecified atom stereocenters. The monoisotopic (exact) mass is 422 g/mol. The lowest BCUT2D eigenvalue weighted by Crippen LogP contribution is -2.48. The van der Waals surface area contributed by atoms with Crippen LogP contribution in [0.3, 0.4) is 0 Å². The molecule has 2 aromatic carbocycles. The molecule has 0 fully saturated rings. The van der Waals surface area contributed by atoms with E-state index in [1.54, 1.807) is 36.1 Å². The number of nitrogens with zero attached hydrogens (tertiary/aromatic N) is 1. The van der Waals surface area contributed by atoms with E-state index in [0.717, 1.165) is 11.1 Å². The summed E-state index contributed by atoms with van der Waals surface area (Å²) in [7, 11) is 0. The van der Waals surface area contributed by atoms with Gasteiger partial charge in [0, 0.05) is 23.9 Å². The van der Waals surface area contributed by atoms with Crippen molar-refractivity contribution in [2.24, 2.45) is 0 Å². The van der Waals surface area contributed by atoms with E-state index in [1.807, 2.05) is 19.1 Å². The summed E-state index contributed by atoms with van der Waals surface area (Å²) >= 11 is 7.48. The summed E-state index contributed by atoms with van der Waals surface area (Å²) in [4.78, 5) is 26.7. The third-order valence-corrected chi connectivity index (χ3v) is 5.39. The van der Waals surface area contributed by atoms with Gasteiger partial charge in [0.05, 0.1) is 5.75 Å². The van der Waals surface area contributed by atoms with Gasteiger partial charge in [0.1, 0.15) is 11.9 Å². The van der Waals surface area contributed by atoms with Crippen LogP contribution < -0.4 is 5.32 Å². The van der Waals surface area contributed by atoms with E-state index in [2.05, 4.69) is 5.32 Å². The van der Waals surface area contributed by atoms with Crippen molar-refractivity contribution in [1.82, 2.24) is 10.2 Å². The first-order chi connectivity index (χ1) is 13.4. The number of carbonyl (C=O) groups is 2. The molecular weight excluding hydrogens is 399 g/mol. The highest BCUT2D eigenvalue weighted by Crippen LogP contribution is 2.18. The van der Waals surface area contributed by atoms with Crippen LogP contribution in [0.1, 0.15) is 25.0 Å². The second-order valence-electron chi connectivity index (χ2n) is 6.34. The van der Waals surface area contributed by atoms with Crippen molar-refractivity contribution < 1.29 is 14.0 Å². The molecule has 1 N–H and O–H groups in total. The predicted molar refractivity (Wildman–Crippen MR) is 113 cm³/mol. The second kappa shape index (κ2) is 11.1. The molecule has 0 heterocycles. The summed E-state index contributed by atoms with van der Waals surface area (Å²) in [5.41, 5.74) is 1.80. The van der Waals surface area contributed by atoms with Gasteiger partial charge in [0.25, 0.3) is 0 Å². The maximum absolute atomic E-state index is 13.0. The molecule has 2 rings (SSSR count). The fourth-order valence-corrected chi connectivity index (χ4v) is 3.74. The van der Waals surface area contributed by atoms with Gasteiger partial charge in [-0.2, -0.15) is 0 Å². The molecule has 2 aromatic rings. The fraction of sp³-hybridized carbons (Fsp3) is 0.333. The minimum Gasteiger partial charge on any atom is -0.355 e. The van der Waals surface area contributed by atoms with Crippen LogP contribution in [0.15, 0.2) is 48.5 Å². The number of benzene rings is 2. The van der Waals surface area contributed by atoms with Gasteiger partial charge in [-0.15, -0.1) is 11.8 Å². The molecule has 0 aliphatic heterocycles. The fourth-order valence-electron chi connectivity index (χ4n) is 2.66. The molecule has 28 heavy (non-hydrogen) atoms. The third-order valence-electron chi connectivity index (χ3n) is 4.17. The lowest BCUT2D eigenvalue weighted by atomic mass is 10.1. The Hall–Kier alpha value is -2.05. The molecule has 0 saturated carbocycles. The summed E-state index contributed by atoms with van der Waals surface area (Å²) < 4.78 is 13.0. The van der Waals surface area contributed by atoms with E-state index in [1.165, 1.54) is 23.9 Å². The number of halogens is 2. The topological polar surface area (TPSA) is 49.4 Å². The maximum Gasteiger partial charge on any atom is 0.242 e. The number of thioether (sulfide) groups is 1. The van der Waals surface area contributed by atoms with Crippen LogP contribution in [0, 0.1) is 5.82 Å². The van der Waals surface area contributed by atoms with Crippen LogP contribution in [0.2, 0.25) is 5.02 Å². The molecule has 2 amide bonds. The molecule has 0 saturated heterocycles. The number of hydrogen-bond acceptors (Lipinski definition) is 3. The first kappa shape index (κ1) is 22.2. The predicted octanol–water partition coefficient (Wildman–Crippen LogP) is 4.27. The van der Waals surface area contributed by atoms with Gasteiger partial charge in [-0.1, -0.05) is 35.9 Å². The van der Waals surface area contributed by atoms with Gasteiger partial charge >= 0.3 is 0 Å². The van der Waals surface area contributed by atoms with Crippen LogP contribution >= 0.6 is 23.4 Å².